The van der Waals surface area contributed by atoms with Gasteiger partial charge in [0.25, 0.3) is 0 Å². The van der Waals surface area contributed by atoms with Crippen molar-refractivity contribution in [3.8, 4) is 0 Å². The van der Waals surface area contributed by atoms with Crippen molar-refractivity contribution < 1.29 is 26.7 Å². The van der Waals surface area contributed by atoms with E-state index in [9.17, 15) is 13.2 Å². The number of carbonyl (C=O) groups excluding carboxylic acids is 1. The van der Waals surface area contributed by atoms with Crippen LogP contribution in [0.1, 0.15) is 72.1 Å². The monoisotopic (exact) mass is 426 g/mol. The predicted molar refractivity (Wildman–Crippen MR) is 108 cm³/mol. The molecule has 0 heterocycles. The molecule has 0 spiro atoms. The number of rotatable bonds is 4. The Morgan fingerprint density at radius 1 is 1.17 bits per heavy atom. The van der Waals surface area contributed by atoms with Crippen molar-refractivity contribution >= 4 is 16.4 Å². The second-order valence-corrected chi connectivity index (χ2v) is 11.4. The summed E-state index contributed by atoms with van der Waals surface area (Å²) >= 11 is 0. The maximum Gasteiger partial charge on any atom is 0.397 e. The van der Waals surface area contributed by atoms with Crippen LogP contribution < -0.4 is 0 Å². The maximum absolute atomic E-state index is 11.4. The quantitative estimate of drug-likeness (QED) is 0.409. The van der Waals surface area contributed by atoms with Crippen molar-refractivity contribution in [1.82, 2.24) is 0 Å². The van der Waals surface area contributed by atoms with Crippen molar-refractivity contribution in [2.24, 2.45) is 34.5 Å². The number of fused-ring (bicyclic) bond motifs is 5. The highest BCUT2D eigenvalue weighted by molar-refractivity contribution is 7.80. The number of esters is 1. The van der Waals surface area contributed by atoms with Gasteiger partial charge in [0.1, 0.15) is 6.10 Å². The summed E-state index contributed by atoms with van der Waals surface area (Å²) in [7, 11) is -4.38. The molecule has 3 saturated carbocycles. The third-order valence-electron chi connectivity index (χ3n) is 9.01. The van der Waals surface area contributed by atoms with Crippen LogP contribution in [0.15, 0.2) is 11.6 Å². The van der Waals surface area contributed by atoms with Crippen molar-refractivity contribution in [3.05, 3.63) is 11.6 Å². The van der Waals surface area contributed by atoms with Crippen molar-refractivity contribution in [1.29, 1.82) is 0 Å². The molecule has 0 bridgehead atoms. The van der Waals surface area contributed by atoms with E-state index in [2.05, 4.69) is 19.9 Å². The first-order valence-electron chi connectivity index (χ1n) is 11.0. The Hall–Kier alpha value is -0.920. The molecule has 1 N–H and O–H groups in total. The Balaban J connectivity index is 1.52. The molecule has 7 heteroatoms. The molecular weight excluding hydrogens is 392 g/mol. The molecule has 164 valence electrons. The molecular formula is C22H34O6S. The molecule has 0 saturated heterocycles. The molecule has 0 aromatic heterocycles. The van der Waals surface area contributed by atoms with Gasteiger partial charge in [0.2, 0.25) is 0 Å². The summed E-state index contributed by atoms with van der Waals surface area (Å²) in [5.74, 6) is 1.80. The Morgan fingerprint density at radius 2 is 1.93 bits per heavy atom. The molecule has 0 radical (unpaired) electrons. The van der Waals surface area contributed by atoms with Crippen molar-refractivity contribution in [2.75, 3.05) is 6.61 Å². The first-order chi connectivity index (χ1) is 13.5. The van der Waals surface area contributed by atoms with E-state index in [0.29, 0.717) is 17.8 Å². The lowest BCUT2D eigenvalue weighted by Crippen LogP contribution is -2.51. The van der Waals surface area contributed by atoms with Crippen LogP contribution in [0.3, 0.4) is 0 Å². The standard InChI is InChI=1S/C22H34O6S/c1-14(23)28-17-8-10-21(2)15(12-17)4-6-18-19-7-5-16(13-27-29(24,25)26)22(19,3)11-9-20(18)21/h4,16-20H,5-13H2,1-3H3,(H,24,25,26)/t16-,17+,18+,19+,20+,21+,22-/m1/s1. The van der Waals surface area contributed by atoms with E-state index in [-0.39, 0.29) is 35.4 Å². The molecule has 7 atom stereocenters. The van der Waals surface area contributed by atoms with E-state index in [1.54, 1.807) is 0 Å². The van der Waals surface area contributed by atoms with Crippen molar-refractivity contribution in [3.63, 3.8) is 0 Å². The van der Waals surface area contributed by atoms with Gasteiger partial charge in [-0.2, -0.15) is 8.42 Å². The fourth-order valence-corrected chi connectivity index (χ4v) is 7.85. The first kappa shape index (κ1) is 21.3. The lowest BCUT2D eigenvalue weighted by Gasteiger charge is -2.58. The molecule has 4 aliphatic carbocycles. The second-order valence-electron chi connectivity index (χ2n) is 10.3. The molecule has 3 fully saturated rings. The SMILES string of the molecule is CC(=O)O[C@H]1CC[C@@]2(C)C(=CC[C@H]3[C@@H]4CC[C@H](COS(=O)(=O)O)[C@@]4(C)CC[C@@H]32)C1. The molecule has 6 nitrogen and oxygen atoms in total. The van der Waals surface area contributed by atoms with Crippen LogP contribution in [0.4, 0.5) is 0 Å². The number of hydrogen-bond donors (Lipinski definition) is 1. The molecule has 0 aliphatic heterocycles. The Kier molecular flexibility index (Phi) is 5.40. The maximum atomic E-state index is 11.4. The lowest BCUT2D eigenvalue weighted by atomic mass is 9.47. The molecule has 4 rings (SSSR count). The van der Waals surface area contributed by atoms with Gasteiger partial charge >= 0.3 is 16.4 Å². The Morgan fingerprint density at radius 3 is 2.62 bits per heavy atom. The van der Waals surface area contributed by atoms with Crippen LogP contribution in [0.2, 0.25) is 0 Å². The summed E-state index contributed by atoms with van der Waals surface area (Å²) in [6.45, 7) is 6.29. The minimum Gasteiger partial charge on any atom is -0.462 e. The zero-order chi connectivity index (χ0) is 21.0. The minimum atomic E-state index is -4.38. The second kappa shape index (κ2) is 7.34. The average molecular weight is 427 g/mol. The van der Waals surface area contributed by atoms with Gasteiger partial charge in [-0.3, -0.25) is 9.35 Å². The molecule has 0 amide bonds. The van der Waals surface area contributed by atoms with Crippen LogP contribution in [-0.2, 0) is 24.1 Å². The van der Waals surface area contributed by atoms with Gasteiger partial charge in [0.15, 0.2) is 0 Å². The molecule has 4 aliphatic rings. The topological polar surface area (TPSA) is 89.9 Å². The van der Waals surface area contributed by atoms with E-state index in [4.69, 9.17) is 13.5 Å². The van der Waals surface area contributed by atoms with E-state index >= 15 is 0 Å². The van der Waals surface area contributed by atoms with Crippen LogP contribution in [0.25, 0.3) is 0 Å². The average Bonchev–Trinajstić information content (AvgIpc) is 2.95. The summed E-state index contributed by atoms with van der Waals surface area (Å²) < 4.78 is 41.4. The molecule has 0 aromatic carbocycles. The zero-order valence-corrected chi connectivity index (χ0v) is 18.5. The van der Waals surface area contributed by atoms with E-state index in [1.807, 2.05) is 0 Å². The van der Waals surface area contributed by atoms with Crippen LogP contribution in [0.5, 0.6) is 0 Å². The summed E-state index contributed by atoms with van der Waals surface area (Å²) in [5, 5.41) is 0. The van der Waals surface area contributed by atoms with Gasteiger partial charge in [-0.05, 0) is 79.4 Å². The molecule has 29 heavy (non-hydrogen) atoms. The fourth-order valence-electron chi connectivity index (χ4n) is 7.51. The van der Waals surface area contributed by atoms with E-state index < -0.39 is 10.4 Å². The fraction of sp³-hybridized carbons (Fsp3) is 0.864. The number of allylic oxidation sites excluding steroid dienone is 1. The summed E-state index contributed by atoms with van der Waals surface area (Å²) in [6.07, 6.45) is 10.7. The summed E-state index contributed by atoms with van der Waals surface area (Å²) in [6, 6.07) is 0. The highest BCUT2D eigenvalue weighted by Crippen LogP contribution is 2.66. The molecule has 0 unspecified atom stereocenters. The van der Waals surface area contributed by atoms with Crippen molar-refractivity contribution in [2.45, 2.75) is 78.2 Å². The van der Waals surface area contributed by atoms with E-state index in [0.717, 1.165) is 51.4 Å². The highest BCUT2D eigenvalue weighted by atomic mass is 32.3. The van der Waals surface area contributed by atoms with E-state index in [1.165, 1.54) is 12.5 Å². The number of hydrogen-bond acceptors (Lipinski definition) is 5. The normalized spacial score (nSPS) is 44.3. The largest absolute Gasteiger partial charge is 0.462 e. The van der Waals surface area contributed by atoms with Gasteiger partial charge in [-0.1, -0.05) is 25.5 Å². The zero-order valence-electron chi connectivity index (χ0n) is 17.7. The minimum absolute atomic E-state index is 0.0191. The van der Waals surface area contributed by atoms with Crippen LogP contribution in [0, 0.1) is 34.5 Å². The Labute approximate surface area is 174 Å². The van der Waals surface area contributed by atoms with Crippen LogP contribution in [-0.4, -0.2) is 31.7 Å². The third kappa shape index (κ3) is 3.79. The smallest absolute Gasteiger partial charge is 0.397 e. The third-order valence-corrected chi connectivity index (χ3v) is 9.44. The number of carbonyl (C=O) groups is 1. The molecule has 0 aromatic rings. The number of ether oxygens (including phenoxy) is 1. The first-order valence-corrected chi connectivity index (χ1v) is 12.4. The van der Waals surface area contributed by atoms with Gasteiger partial charge in [-0.15, -0.1) is 0 Å². The summed E-state index contributed by atoms with van der Waals surface area (Å²) in [4.78, 5) is 11.4. The lowest BCUT2D eigenvalue weighted by molar-refractivity contribution is -0.148. The summed E-state index contributed by atoms with van der Waals surface area (Å²) in [5.41, 5.74) is 1.73. The predicted octanol–water partition coefficient (Wildman–Crippen LogP) is 4.32. The highest BCUT2D eigenvalue weighted by Gasteiger charge is 2.58. The van der Waals surface area contributed by atoms with Gasteiger partial charge in [0, 0.05) is 13.3 Å². The van der Waals surface area contributed by atoms with Gasteiger partial charge in [-0.25, -0.2) is 4.18 Å². The van der Waals surface area contributed by atoms with Crippen LogP contribution >= 0.6 is 0 Å². The Bertz CT molecular complexity index is 804. The van der Waals surface area contributed by atoms with Gasteiger partial charge < -0.3 is 4.74 Å². The van der Waals surface area contributed by atoms with Gasteiger partial charge in [0.05, 0.1) is 6.61 Å².